The molecule has 0 spiro atoms. The molecule has 4 heteroatoms. The lowest BCUT2D eigenvalue weighted by Crippen LogP contribution is -2.44. The number of nitrogens with one attached hydrogen (secondary N) is 1. The van der Waals surface area contributed by atoms with E-state index in [4.69, 9.17) is 4.74 Å². The molecule has 4 nitrogen and oxygen atoms in total. The van der Waals surface area contributed by atoms with Crippen molar-refractivity contribution in [2.45, 2.75) is 32.2 Å². The molecule has 100 valence electrons. The number of nitrogens with zero attached hydrogens (tertiary/aromatic N) is 1. The predicted octanol–water partition coefficient (Wildman–Crippen LogP) is 1.77. The van der Waals surface area contributed by atoms with Gasteiger partial charge in [-0.05, 0) is 37.0 Å². The zero-order chi connectivity index (χ0) is 13.3. The smallest absolute Gasteiger partial charge is 0.256 e. The number of hydrogen-bond acceptors (Lipinski definition) is 3. The highest BCUT2D eigenvalue weighted by Crippen LogP contribution is 2.48. The van der Waals surface area contributed by atoms with Gasteiger partial charge in [-0.1, -0.05) is 13.5 Å². The van der Waals surface area contributed by atoms with Gasteiger partial charge in [-0.3, -0.25) is 9.79 Å². The molecule has 4 atom stereocenters. The van der Waals surface area contributed by atoms with E-state index in [1.54, 1.807) is 7.05 Å². The average molecular weight is 250 g/mol. The van der Waals surface area contributed by atoms with Crippen LogP contribution in [0.15, 0.2) is 17.1 Å². The summed E-state index contributed by atoms with van der Waals surface area (Å²) >= 11 is 0. The normalized spacial score (nSPS) is 34.5. The first-order chi connectivity index (χ1) is 8.58. The van der Waals surface area contributed by atoms with Crippen molar-refractivity contribution in [1.82, 2.24) is 5.32 Å². The van der Waals surface area contributed by atoms with Crippen molar-refractivity contribution in [3.63, 3.8) is 0 Å². The number of fused-ring (bicyclic) bond motifs is 2. The van der Waals surface area contributed by atoms with Crippen LogP contribution in [-0.4, -0.2) is 32.0 Å². The molecule has 18 heavy (non-hydrogen) atoms. The molecule has 0 aromatic carbocycles. The summed E-state index contributed by atoms with van der Waals surface area (Å²) in [5, 5.41) is 3.11. The van der Waals surface area contributed by atoms with Crippen LogP contribution in [0.25, 0.3) is 0 Å². The van der Waals surface area contributed by atoms with Crippen molar-refractivity contribution in [3.8, 4) is 0 Å². The standard InChI is InChI=1S/C14H22N2O2/c1-8-10-5-6-11(7-10)12(8)16-13(17)9(2)14(15-3)18-4/h8,10-12H,2,5-7H2,1,3-4H3,(H,16,17). The van der Waals surface area contributed by atoms with E-state index < -0.39 is 0 Å². The van der Waals surface area contributed by atoms with Crippen LogP contribution in [0.2, 0.25) is 0 Å². The molecule has 0 radical (unpaired) electrons. The minimum atomic E-state index is -0.151. The molecule has 2 bridgehead atoms. The highest BCUT2D eigenvalue weighted by molar-refractivity contribution is 6.17. The molecule has 1 N–H and O–H groups in total. The van der Waals surface area contributed by atoms with Gasteiger partial charge in [0.2, 0.25) is 5.90 Å². The lowest BCUT2D eigenvalue weighted by Gasteiger charge is -2.29. The van der Waals surface area contributed by atoms with E-state index in [0.717, 1.165) is 5.92 Å². The summed E-state index contributed by atoms with van der Waals surface area (Å²) in [5.41, 5.74) is 0.315. The van der Waals surface area contributed by atoms with Gasteiger partial charge in [0.15, 0.2) is 0 Å². The summed E-state index contributed by atoms with van der Waals surface area (Å²) in [6.07, 6.45) is 3.82. The predicted molar refractivity (Wildman–Crippen MR) is 71.4 cm³/mol. The van der Waals surface area contributed by atoms with Gasteiger partial charge in [0.1, 0.15) is 0 Å². The summed E-state index contributed by atoms with van der Waals surface area (Å²) in [5.74, 6) is 2.16. The van der Waals surface area contributed by atoms with Crippen molar-refractivity contribution < 1.29 is 9.53 Å². The van der Waals surface area contributed by atoms with E-state index in [9.17, 15) is 4.79 Å². The topological polar surface area (TPSA) is 50.7 Å². The summed E-state index contributed by atoms with van der Waals surface area (Å²) in [6, 6.07) is 0.294. The third-order valence-electron chi connectivity index (χ3n) is 4.56. The maximum absolute atomic E-state index is 12.1. The Morgan fingerprint density at radius 1 is 1.39 bits per heavy atom. The van der Waals surface area contributed by atoms with Crippen LogP contribution in [-0.2, 0) is 9.53 Å². The van der Waals surface area contributed by atoms with E-state index in [2.05, 4.69) is 23.8 Å². The Kier molecular flexibility index (Phi) is 3.73. The Morgan fingerprint density at radius 2 is 2.06 bits per heavy atom. The summed E-state index contributed by atoms with van der Waals surface area (Å²) < 4.78 is 5.03. The molecule has 2 aliphatic rings. The molecule has 0 heterocycles. The van der Waals surface area contributed by atoms with Crippen molar-refractivity contribution in [2.75, 3.05) is 14.2 Å². The number of hydrogen-bond donors (Lipinski definition) is 1. The fourth-order valence-electron chi connectivity index (χ4n) is 3.51. The molecule has 0 aromatic heterocycles. The van der Waals surface area contributed by atoms with Gasteiger partial charge in [-0.2, -0.15) is 0 Å². The van der Waals surface area contributed by atoms with E-state index in [1.807, 2.05) is 0 Å². The summed E-state index contributed by atoms with van der Waals surface area (Å²) in [4.78, 5) is 16.0. The molecular formula is C14H22N2O2. The van der Waals surface area contributed by atoms with Crippen molar-refractivity contribution in [2.24, 2.45) is 22.7 Å². The third kappa shape index (κ3) is 2.16. The first-order valence-electron chi connectivity index (χ1n) is 6.59. The first-order valence-corrected chi connectivity index (χ1v) is 6.59. The molecule has 0 aromatic rings. The summed E-state index contributed by atoms with van der Waals surface area (Å²) in [7, 11) is 3.10. The van der Waals surface area contributed by atoms with Crippen LogP contribution in [0.5, 0.6) is 0 Å². The quantitative estimate of drug-likeness (QED) is 0.471. The Bertz CT molecular complexity index is 387. The molecular weight excluding hydrogens is 228 g/mol. The molecule has 2 rings (SSSR count). The fourth-order valence-corrected chi connectivity index (χ4v) is 3.51. The van der Waals surface area contributed by atoms with Crippen LogP contribution in [0.1, 0.15) is 26.2 Å². The van der Waals surface area contributed by atoms with Gasteiger partial charge >= 0.3 is 0 Å². The fraction of sp³-hybridized carbons (Fsp3) is 0.714. The van der Waals surface area contributed by atoms with Gasteiger partial charge in [-0.25, -0.2) is 0 Å². The second-order valence-electron chi connectivity index (χ2n) is 5.40. The monoisotopic (exact) mass is 250 g/mol. The number of amides is 1. The van der Waals surface area contributed by atoms with Gasteiger partial charge in [0, 0.05) is 13.1 Å². The van der Waals surface area contributed by atoms with Crippen molar-refractivity contribution in [1.29, 1.82) is 0 Å². The van der Waals surface area contributed by atoms with Gasteiger partial charge in [0.25, 0.3) is 5.91 Å². The minimum Gasteiger partial charge on any atom is -0.481 e. The van der Waals surface area contributed by atoms with E-state index in [1.165, 1.54) is 26.4 Å². The van der Waals surface area contributed by atoms with Gasteiger partial charge < -0.3 is 10.1 Å². The van der Waals surface area contributed by atoms with Crippen LogP contribution in [0, 0.1) is 17.8 Å². The lowest BCUT2D eigenvalue weighted by atomic mass is 9.86. The highest BCUT2D eigenvalue weighted by Gasteiger charge is 2.45. The Labute approximate surface area is 109 Å². The number of aliphatic imine (C=N–C) groups is 1. The SMILES string of the molecule is C=C(C(=O)NC1C2CCC(C2)C1C)C(=NC)OC. The van der Waals surface area contributed by atoms with Crippen LogP contribution < -0.4 is 5.32 Å². The van der Waals surface area contributed by atoms with E-state index in [0.29, 0.717) is 29.3 Å². The Balaban J connectivity index is 1.98. The first kappa shape index (κ1) is 13.1. The zero-order valence-electron chi connectivity index (χ0n) is 11.4. The number of ether oxygens (including phenoxy) is 1. The van der Waals surface area contributed by atoms with E-state index >= 15 is 0 Å². The summed E-state index contributed by atoms with van der Waals surface area (Å²) in [6.45, 7) is 6.00. The maximum atomic E-state index is 12.1. The van der Waals surface area contributed by atoms with Crippen molar-refractivity contribution in [3.05, 3.63) is 12.2 Å². The average Bonchev–Trinajstić information content (AvgIpc) is 2.94. The molecule has 1 amide bonds. The lowest BCUT2D eigenvalue weighted by molar-refractivity contribution is -0.118. The second kappa shape index (κ2) is 5.12. The van der Waals surface area contributed by atoms with Crippen LogP contribution in [0.4, 0.5) is 0 Å². The molecule has 0 aliphatic heterocycles. The number of carbonyl (C=O) groups excluding carboxylic acids is 1. The highest BCUT2D eigenvalue weighted by atomic mass is 16.5. The third-order valence-corrected chi connectivity index (χ3v) is 4.56. The minimum absolute atomic E-state index is 0.151. The molecule has 4 unspecified atom stereocenters. The van der Waals surface area contributed by atoms with Crippen LogP contribution >= 0.6 is 0 Å². The van der Waals surface area contributed by atoms with Crippen molar-refractivity contribution >= 4 is 11.8 Å². The number of rotatable bonds is 3. The van der Waals surface area contributed by atoms with E-state index in [-0.39, 0.29) is 5.91 Å². The van der Waals surface area contributed by atoms with Gasteiger partial charge in [0.05, 0.1) is 12.7 Å². The number of carbonyl (C=O) groups is 1. The van der Waals surface area contributed by atoms with Crippen LogP contribution in [0.3, 0.4) is 0 Å². The largest absolute Gasteiger partial charge is 0.481 e. The Hall–Kier alpha value is -1.32. The maximum Gasteiger partial charge on any atom is 0.256 e. The van der Waals surface area contributed by atoms with Gasteiger partial charge in [-0.15, -0.1) is 0 Å². The molecule has 2 saturated carbocycles. The second-order valence-corrected chi connectivity index (χ2v) is 5.40. The Morgan fingerprint density at radius 3 is 2.56 bits per heavy atom. The zero-order valence-corrected chi connectivity index (χ0v) is 11.4. The molecule has 0 saturated heterocycles. The molecule has 2 aliphatic carbocycles. The number of methoxy groups -OCH3 is 1. The molecule has 2 fully saturated rings.